The molecular weight excluding hydrogens is 348 g/mol. The molecule has 0 aliphatic heterocycles. The molecule has 3 rings (SSSR count). The fraction of sp³-hybridized carbons (Fsp3) is 0.417. The summed E-state index contributed by atoms with van der Waals surface area (Å²) >= 11 is 0. The van der Waals surface area contributed by atoms with Crippen molar-refractivity contribution < 1.29 is 9.59 Å². The Kier molecular flexibility index (Phi) is 6.18. The Bertz CT molecular complexity index is 807. The van der Waals surface area contributed by atoms with Crippen molar-refractivity contribution in [2.45, 2.75) is 45.4 Å². The first-order valence-electron chi connectivity index (χ1n) is 10.1. The number of hydrogen-bond acceptors (Lipinski definition) is 2. The van der Waals surface area contributed by atoms with Gasteiger partial charge in [-0.2, -0.15) is 0 Å². The molecule has 1 fully saturated rings. The van der Waals surface area contributed by atoms with Crippen LogP contribution < -0.4 is 10.6 Å². The Hall–Kier alpha value is -2.62. The molecular formula is C24H30N2O2. The lowest BCUT2D eigenvalue weighted by Gasteiger charge is -2.19. The van der Waals surface area contributed by atoms with E-state index in [1.165, 1.54) is 11.1 Å². The highest BCUT2D eigenvalue weighted by molar-refractivity contribution is 5.99. The van der Waals surface area contributed by atoms with Gasteiger partial charge in [0.25, 0.3) is 0 Å². The summed E-state index contributed by atoms with van der Waals surface area (Å²) in [5.74, 6) is -0.466. The Balaban J connectivity index is 1.39. The van der Waals surface area contributed by atoms with Crippen molar-refractivity contribution >= 4 is 17.5 Å². The van der Waals surface area contributed by atoms with E-state index in [9.17, 15) is 9.59 Å². The third-order valence-corrected chi connectivity index (χ3v) is 5.27. The van der Waals surface area contributed by atoms with E-state index in [4.69, 9.17) is 0 Å². The van der Waals surface area contributed by atoms with Gasteiger partial charge in [0, 0.05) is 12.2 Å². The monoisotopic (exact) mass is 378 g/mol. The molecule has 148 valence electrons. The van der Waals surface area contributed by atoms with Crippen molar-refractivity contribution in [2.24, 2.45) is 11.8 Å². The molecule has 0 saturated heterocycles. The van der Waals surface area contributed by atoms with Crippen molar-refractivity contribution in [2.75, 3.05) is 11.9 Å². The minimum Gasteiger partial charge on any atom is -0.356 e. The molecule has 0 radical (unpaired) electrons. The van der Waals surface area contributed by atoms with Gasteiger partial charge in [0.2, 0.25) is 11.8 Å². The quantitative estimate of drug-likeness (QED) is 0.706. The van der Waals surface area contributed by atoms with E-state index in [2.05, 4.69) is 43.5 Å². The Morgan fingerprint density at radius 1 is 0.929 bits per heavy atom. The van der Waals surface area contributed by atoms with Crippen LogP contribution in [0.1, 0.15) is 44.7 Å². The van der Waals surface area contributed by atoms with E-state index >= 15 is 0 Å². The molecule has 1 aliphatic rings. The number of hydrogen-bond donors (Lipinski definition) is 2. The van der Waals surface area contributed by atoms with Crippen LogP contribution in [0.5, 0.6) is 0 Å². The Labute approximate surface area is 167 Å². The van der Waals surface area contributed by atoms with Crippen molar-refractivity contribution in [3.63, 3.8) is 0 Å². The summed E-state index contributed by atoms with van der Waals surface area (Å²) in [5, 5.41) is 5.91. The van der Waals surface area contributed by atoms with Crippen LogP contribution in [-0.4, -0.2) is 18.4 Å². The van der Waals surface area contributed by atoms with E-state index in [1.54, 1.807) is 0 Å². The molecule has 2 aromatic rings. The van der Waals surface area contributed by atoms with E-state index in [0.717, 1.165) is 18.5 Å². The van der Waals surface area contributed by atoms with E-state index < -0.39 is 0 Å². The van der Waals surface area contributed by atoms with E-state index in [-0.39, 0.29) is 29.1 Å². The van der Waals surface area contributed by atoms with Crippen LogP contribution in [0.25, 0.3) is 0 Å². The zero-order valence-corrected chi connectivity index (χ0v) is 17.0. The zero-order valence-electron chi connectivity index (χ0n) is 17.0. The molecule has 0 aromatic heterocycles. The molecule has 2 unspecified atom stereocenters. The summed E-state index contributed by atoms with van der Waals surface area (Å²) in [6.07, 6.45) is 2.48. The second kappa shape index (κ2) is 8.59. The number of carbonyl (C=O) groups is 2. The van der Waals surface area contributed by atoms with Crippen molar-refractivity contribution in [1.82, 2.24) is 5.32 Å². The summed E-state index contributed by atoms with van der Waals surface area (Å²) in [5.41, 5.74) is 3.37. The number of benzene rings is 2. The summed E-state index contributed by atoms with van der Waals surface area (Å²) in [4.78, 5) is 24.6. The third kappa shape index (κ3) is 5.44. The van der Waals surface area contributed by atoms with Crippen LogP contribution in [-0.2, 0) is 21.4 Å². The summed E-state index contributed by atoms with van der Waals surface area (Å²) in [6, 6.07) is 18.2. The van der Waals surface area contributed by atoms with Crippen LogP contribution in [0.4, 0.5) is 5.69 Å². The normalized spacial score (nSPS) is 18.4. The number of nitrogens with one attached hydrogen (secondary N) is 2. The Morgan fingerprint density at radius 3 is 2.21 bits per heavy atom. The maximum atomic E-state index is 12.4. The van der Waals surface area contributed by atoms with E-state index in [0.29, 0.717) is 13.0 Å². The third-order valence-electron chi connectivity index (χ3n) is 5.27. The van der Waals surface area contributed by atoms with Gasteiger partial charge in [0.1, 0.15) is 0 Å². The number of aryl methyl sites for hydroxylation is 1. The predicted octanol–water partition coefficient (Wildman–Crippen LogP) is 4.31. The van der Waals surface area contributed by atoms with Crippen LogP contribution in [0.3, 0.4) is 0 Å². The minimum atomic E-state index is -0.212. The van der Waals surface area contributed by atoms with Gasteiger partial charge in [-0.25, -0.2) is 0 Å². The lowest BCUT2D eigenvalue weighted by atomic mass is 9.87. The van der Waals surface area contributed by atoms with Gasteiger partial charge in [-0.15, -0.1) is 0 Å². The highest BCUT2D eigenvalue weighted by Gasteiger charge is 2.47. The van der Waals surface area contributed by atoms with Crippen molar-refractivity contribution in [1.29, 1.82) is 0 Å². The molecule has 1 saturated carbocycles. The van der Waals surface area contributed by atoms with Crippen LogP contribution in [0.15, 0.2) is 54.6 Å². The average molecular weight is 379 g/mol. The molecule has 2 aromatic carbocycles. The zero-order chi connectivity index (χ0) is 20.1. The van der Waals surface area contributed by atoms with Crippen LogP contribution >= 0.6 is 0 Å². The lowest BCUT2D eigenvalue weighted by molar-refractivity contribution is -0.125. The second-order valence-electron chi connectivity index (χ2n) is 8.65. The van der Waals surface area contributed by atoms with Gasteiger partial charge in [-0.05, 0) is 47.9 Å². The summed E-state index contributed by atoms with van der Waals surface area (Å²) in [6.45, 7) is 7.13. The van der Waals surface area contributed by atoms with Gasteiger partial charge in [-0.3, -0.25) is 9.59 Å². The molecule has 0 bridgehead atoms. The Morgan fingerprint density at radius 2 is 1.57 bits per heavy atom. The molecule has 2 atom stereocenters. The van der Waals surface area contributed by atoms with Crippen molar-refractivity contribution in [3.05, 3.63) is 65.7 Å². The maximum absolute atomic E-state index is 12.4. The first kappa shape index (κ1) is 20.1. The fourth-order valence-electron chi connectivity index (χ4n) is 3.34. The summed E-state index contributed by atoms with van der Waals surface area (Å²) < 4.78 is 0. The smallest absolute Gasteiger partial charge is 0.228 e. The highest BCUT2D eigenvalue weighted by atomic mass is 16.2. The summed E-state index contributed by atoms with van der Waals surface area (Å²) in [7, 11) is 0. The van der Waals surface area contributed by atoms with Gasteiger partial charge in [0.15, 0.2) is 0 Å². The highest BCUT2D eigenvalue weighted by Crippen LogP contribution is 2.39. The average Bonchev–Trinajstić information content (AvgIpc) is 3.47. The standard InChI is InChI=1S/C24H30N2O2/c1-24(2,3)18-11-13-19(14-12-18)26-23(28)21-16-20(21)22(27)25-15-7-10-17-8-5-4-6-9-17/h4-6,8-9,11-14,20-21H,7,10,15-16H2,1-3H3,(H,25,27)(H,26,28). The fourth-order valence-corrected chi connectivity index (χ4v) is 3.34. The molecule has 2 N–H and O–H groups in total. The predicted molar refractivity (Wildman–Crippen MR) is 113 cm³/mol. The second-order valence-corrected chi connectivity index (χ2v) is 8.65. The largest absolute Gasteiger partial charge is 0.356 e. The lowest BCUT2D eigenvalue weighted by Crippen LogP contribution is -2.28. The first-order chi connectivity index (χ1) is 13.3. The molecule has 2 amide bonds. The van der Waals surface area contributed by atoms with Gasteiger partial charge in [0.05, 0.1) is 11.8 Å². The van der Waals surface area contributed by atoms with E-state index in [1.807, 2.05) is 42.5 Å². The van der Waals surface area contributed by atoms with Crippen molar-refractivity contribution in [3.8, 4) is 0 Å². The maximum Gasteiger partial charge on any atom is 0.228 e. The number of rotatable bonds is 7. The SMILES string of the molecule is CC(C)(C)c1ccc(NC(=O)C2CC2C(=O)NCCCc2ccccc2)cc1. The molecule has 1 aliphatic carbocycles. The number of anilines is 1. The molecule has 0 heterocycles. The number of amides is 2. The molecule has 4 heteroatoms. The minimum absolute atomic E-state index is 0.00343. The molecule has 28 heavy (non-hydrogen) atoms. The van der Waals surface area contributed by atoms with Gasteiger partial charge >= 0.3 is 0 Å². The first-order valence-corrected chi connectivity index (χ1v) is 10.1. The molecule has 0 spiro atoms. The van der Waals surface area contributed by atoms with Gasteiger partial charge in [-0.1, -0.05) is 63.2 Å². The van der Waals surface area contributed by atoms with Gasteiger partial charge < -0.3 is 10.6 Å². The van der Waals surface area contributed by atoms with Crippen LogP contribution in [0, 0.1) is 11.8 Å². The number of carbonyl (C=O) groups excluding carboxylic acids is 2. The van der Waals surface area contributed by atoms with Crippen LogP contribution in [0.2, 0.25) is 0 Å². The topological polar surface area (TPSA) is 58.2 Å². The molecule has 4 nitrogen and oxygen atoms in total.